The van der Waals surface area contributed by atoms with Crippen LogP contribution in [0.2, 0.25) is 0 Å². The molecule has 0 spiro atoms. The lowest BCUT2D eigenvalue weighted by molar-refractivity contribution is 0.0997. The maximum atomic E-state index is 5.30. The summed E-state index contributed by atoms with van der Waals surface area (Å²) in [6.07, 6.45) is 3.69. The molecule has 1 rings (SSSR count). The normalized spacial score (nSPS) is 18.3. The number of hydrogen-bond donors (Lipinski definition) is 1. The summed E-state index contributed by atoms with van der Waals surface area (Å²) < 4.78 is 10.5. The summed E-state index contributed by atoms with van der Waals surface area (Å²) in [4.78, 5) is 2.56. The fraction of sp³-hybridized carbons (Fsp3) is 1.00. The summed E-state index contributed by atoms with van der Waals surface area (Å²) in [7, 11) is 1.80. The van der Waals surface area contributed by atoms with E-state index in [1.165, 1.54) is 32.5 Å². The number of nitrogens with zero attached hydrogens (tertiary/aromatic N) is 1. The third kappa shape index (κ3) is 7.31. The number of hydrogen-bond acceptors (Lipinski definition) is 4. The Morgan fingerprint density at radius 1 is 1.22 bits per heavy atom. The maximum Gasteiger partial charge on any atom is 0.0491 e. The van der Waals surface area contributed by atoms with Crippen LogP contribution in [-0.4, -0.2) is 64.6 Å². The van der Waals surface area contributed by atoms with Crippen molar-refractivity contribution in [3.63, 3.8) is 0 Å². The molecule has 0 radical (unpaired) electrons. The van der Waals surface area contributed by atoms with E-state index in [2.05, 4.69) is 10.2 Å². The van der Waals surface area contributed by atoms with Gasteiger partial charge < -0.3 is 19.7 Å². The van der Waals surface area contributed by atoms with Crippen LogP contribution in [0.5, 0.6) is 0 Å². The Bertz CT molecular complexity index is 183. The van der Waals surface area contributed by atoms with Crippen molar-refractivity contribution in [1.82, 2.24) is 10.2 Å². The second kappa shape index (κ2) is 10.7. The van der Waals surface area contributed by atoms with Gasteiger partial charge in [-0.3, -0.25) is 0 Å². The first-order valence-electron chi connectivity index (χ1n) is 7.36. The van der Waals surface area contributed by atoms with Crippen molar-refractivity contribution in [3.8, 4) is 0 Å². The predicted molar refractivity (Wildman–Crippen MR) is 75.0 cm³/mol. The van der Waals surface area contributed by atoms with E-state index in [1.54, 1.807) is 7.11 Å². The van der Waals surface area contributed by atoms with Crippen LogP contribution in [0.3, 0.4) is 0 Å². The van der Waals surface area contributed by atoms with Gasteiger partial charge in [0.15, 0.2) is 0 Å². The number of ether oxygens (including phenoxy) is 2. The molecule has 0 unspecified atom stereocenters. The lowest BCUT2D eigenvalue weighted by Gasteiger charge is -2.31. The van der Waals surface area contributed by atoms with Crippen molar-refractivity contribution in [2.24, 2.45) is 5.92 Å². The first-order chi connectivity index (χ1) is 8.86. The summed E-state index contributed by atoms with van der Waals surface area (Å²) in [6.45, 7) is 10.5. The van der Waals surface area contributed by atoms with Crippen molar-refractivity contribution in [1.29, 1.82) is 0 Å². The third-order valence-corrected chi connectivity index (χ3v) is 3.56. The van der Waals surface area contributed by atoms with Crippen LogP contribution in [0, 0.1) is 5.92 Å². The molecular formula is C14H30N2O2. The largest absolute Gasteiger partial charge is 0.384 e. The summed E-state index contributed by atoms with van der Waals surface area (Å²) in [5.74, 6) is 0.783. The molecule has 1 aliphatic rings. The monoisotopic (exact) mass is 258 g/mol. The first kappa shape index (κ1) is 15.9. The summed E-state index contributed by atoms with van der Waals surface area (Å²) >= 11 is 0. The molecule has 1 N–H and O–H groups in total. The molecular weight excluding hydrogens is 228 g/mol. The molecule has 1 fully saturated rings. The van der Waals surface area contributed by atoms with E-state index in [9.17, 15) is 0 Å². The van der Waals surface area contributed by atoms with E-state index in [0.29, 0.717) is 0 Å². The number of rotatable bonds is 10. The fourth-order valence-corrected chi connectivity index (χ4v) is 2.42. The fourth-order valence-electron chi connectivity index (χ4n) is 2.42. The molecule has 18 heavy (non-hydrogen) atoms. The average Bonchev–Trinajstić information content (AvgIpc) is 2.40. The lowest BCUT2D eigenvalue weighted by Crippen LogP contribution is -2.39. The van der Waals surface area contributed by atoms with Gasteiger partial charge >= 0.3 is 0 Å². The van der Waals surface area contributed by atoms with Gasteiger partial charge in [0.1, 0.15) is 0 Å². The van der Waals surface area contributed by atoms with Gasteiger partial charge in [-0.05, 0) is 51.7 Å². The van der Waals surface area contributed by atoms with Gasteiger partial charge in [-0.1, -0.05) is 0 Å². The molecule has 1 saturated heterocycles. The predicted octanol–water partition coefficient (Wildman–Crippen LogP) is 1.36. The van der Waals surface area contributed by atoms with Gasteiger partial charge in [0.2, 0.25) is 0 Å². The van der Waals surface area contributed by atoms with Crippen molar-refractivity contribution in [2.45, 2.75) is 26.2 Å². The molecule has 0 aliphatic carbocycles. The third-order valence-electron chi connectivity index (χ3n) is 3.56. The Labute approximate surface area is 112 Å². The van der Waals surface area contributed by atoms with E-state index < -0.39 is 0 Å². The second-order valence-electron chi connectivity index (χ2n) is 5.04. The maximum absolute atomic E-state index is 5.30. The van der Waals surface area contributed by atoms with Gasteiger partial charge in [-0.2, -0.15) is 0 Å². The smallest absolute Gasteiger partial charge is 0.0491 e. The molecule has 0 saturated carbocycles. The van der Waals surface area contributed by atoms with Crippen LogP contribution in [0.1, 0.15) is 26.2 Å². The number of piperidine rings is 1. The first-order valence-corrected chi connectivity index (χ1v) is 7.36. The van der Waals surface area contributed by atoms with Gasteiger partial charge in [0.25, 0.3) is 0 Å². The zero-order chi connectivity index (χ0) is 13.1. The number of nitrogens with one attached hydrogen (secondary N) is 1. The Balaban J connectivity index is 1.88. The molecule has 0 aromatic rings. The molecule has 4 heteroatoms. The van der Waals surface area contributed by atoms with Crippen LogP contribution >= 0.6 is 0 Å². The van der Waals surface area contributed by atoms with Crippen LogP contribution in [-0.2, 0) is 9.47 Å². The summed E-state index contributed by atoms with van der Waals surface area (Å²) in [5.41, 5.74) is 0. The quantitative estimate of drug-likeness (QED) is 0.600. The Hall–Kier alpha value is -0.160. The standard InChI is InChI=1S/C14H30N2O2/c1-3-18-12-4-7-15-8-11-16-9-5-14(6-10-16)13-17-2/h14-15H,3-13H2,1-2H3. The molecule has 0 bridgehead atoms. The zero-order valence-electron chi connectivity index (χ0n) is 12.1. The topological polar surface area (TPSA) is 33.7 Å². The van der Waals surface area contributed by atoms with Gasteiger partial charge in [-0.25, -0.2) is 0 Å². The SMILES string of the molecule is CCOCCCNCCN1CCC(COC)CC1. The van der Waals surface area contributed by atoms with E-state index in [-0.39, 0.29) is 0 Å². The van der Waals surface area contributed by atoms with Crippen LogP contribution in [0.15, 0.2) is 0 Å². The highest BCUT2D eigenvalue weighted by molar-refractivity contribution is 4.72. The van der Waals surface area contributed by atoms with Gasteiger partial charge in [0, 0.05) is 40.0 Å². The lowest BCUT2D eigenvalue weighted by atomic mass is 9.98. The van der Waals surface area contributed by atoms with Crippen molar-refractivity contribution in [2.75, 3.05) is 59.7 Å². The molecule has 0 aromatic heterocycles. The van der Waals surface area contributed by atoms with Crippen molar-refractivity contribution < 1.29 is 9.47 Å². The minimum absolute atomic E-state index is 0.783. The molecule has 0 atom stereocenters. The molecule has 108 valence electrons. The highest BCUT2D eigenvalue weighted by Crippen LogP contribution is 2.16. The van der Waals surface area contributed by atoms with Crippen LogP contribution in [0.4, 0.5) is 0 Å². The molecule has 1 aliphatic heterocycles. The molecule has 0 aromatic carbocycles. The Morgan fingerprint density at radius 3 is 2.67 bits per heavy atom. The van der Waals surface area contributed by atoms with Crippen molar-refractivity contribution >= 4 is 0 Å². The van der Waals surface area contributed by atoms with E-state index in [0.717, 1.165) is 45.2 Å². The molecule has 1 heterocycles. The summed E-state index contributed by atoms with van der Waals surface area (Å²) in [6, 6.07) is 0. The average molecular weight is 258 g/mol. The summed E-state index contributed by atoms with van der Waals surface area (Å²) in [5, 5.41) is 3.48. The van der Waals surface area contributed by atoms with E-state index in [4.69, 9.17) is 9.47 Å². The van der Waals surface area contributed by atoms with E-state index >= 15 is 0 Å². The Kier molecular flexibility index (Phi) is 9.48. The second-order valence-corrected chi connectivity index (χ2v) is 5.04. The number of likely N-dealkylation sites (tertiary alicyclic amines) is 1. The van der Waals surface area contributed by atoms with Crippen LogP contribution in [0.25, 0.3) is 0 Å². The molecule has 0 amide bonds. The molecule has 4 nitrogen and oxygen atoms in total. The van der Waals surface area contributed by atoms with Gasteiger partial charge in [-0.15, -0.1) is 0 Å². The number of methoxy groups -OCH3 is 1. The Morgan fingerprint density at radius 2 is 2.00 bits per heavy atom. The van der Waals surface area contributed by atoms with E-state index in [1.807, 2.05) is 6.92 Å². The minimum Gasteiger partial charge on any atom is -0.384 e. The highest BCUT2D eigenvalue weighted by atomic mass is 16.5. The minimum atomic E-state index is 0.783. The van der Waals surface area contributed by atoms with Crippen LogP contribution < -0.4 is 5.32 Å². The highest BCUT2D eigenvalue weighted by Gasteiger charge is 2.18. The van der Waals surface area contributed by atoms with Gasteiger partial charge in [0.05, 0.1) is 0 Å². The zero-order valence-corrected chi connectivity index (χ0v) is 12.1. The van der Waals surface area contributed by atoms with Crippen molar-refractivity contribution in [3.05, 3.63) is 0 Å².